The van der Waals surface area contributed by atoms with Crippen molar-refractivity contribution in [3.05, 3.63) is 70.8 Å². The molecule has 10 heteroatoms. The Labute approximate surface area is 149 Å². The standard InChI is InChI=1S/C17H12F6N2O2/c18-16(19,20)12-7-11(8-13(9-12)17(21,22)23)15(27)25-24-14(26)6-10-4-2-1-3-5-10/h1-5,7-9H,6H2,(H,24,26)(H,25,27). The fourth-order valence-corrected chi connectivity index (χ4v) is 2.11. The maximum absolute atomic E-state index is 12.8. The first-order valence-corrected chi connectivity index (χ1v) is 7.39. The first kappa shape index (κ1) is 20.3. The Balaban J connectivity index is 2.14. The van der Waals surface area contributed by atoms with E-state index >= 15 is 0 Å². The predicted molar refractivity (Wildman–Crippen MR) is 82.2 cm³/mol. The third-order valence-electron chi connectivity index (χ3n) is 3.37. The molecule has 4 nitrogen and oxygen atoms in total. The van der Waals surface area contributed by atoms with Crippen LogP contribution >= 0.6 is 0 Å². The van der Waals surface area contributed by atoms with Crippen LogP contribution in [0.1, 0.15) is 27.0 Å². The third-order valence-corrected chi connectivity index (χ3v) is 3.37. The van der Waals surface area contributed by atoms with Gasteiger partial charge in [0.25, 0.3) is 5.91 Å². The fraction of sp³-hybridized carbons (Fsp3) is 0.176. The normalized spacial score (nSPS) is 11.8. The summed E-state index contributed by atoms with van der Waals surface area (Å²) >= 11 is 0. The largest absolute Gasteiger partial charge is 0.416 e. The molecular formula is C17H12F6N2O2. The average Bonchev–Trinajstić information content (AvgIpc) is 2.58. The number of carbonyl (C=O) groups is 2. The summed E-state index contributed by atoms with van der Waals surface area (Å²) in [5, 5.41) is 0. The zero-order chi connectivity index (χ0) is 20.2. The second-order valence-corrected chi connectivity index (χ2v) is 5.46. The number of hydrazine groups is 1. The third kappa shape index (κ3) is 5.73. The van der Waals surface area contributed by atoms with Crippen LogP contribution in [0.5, 0.6) is 0 Å². The molecule has 0 saturated heterocycles. The summed E-state index contributed by atoms with van der Waals surface area (Å²) in [6, 6.07) is 8.76. The molecule has 2 rings (SSSR count). The summed E-state index contributed by atoms with van der Waals surface area (Å²) in [5.41, 5.74) is 0.203. The highest BCUT2D eigenvalue weighted by molar-refractivity contribution is 5.96. The number of nitrogens with one attached hydrogen (secondary N) is 2. The lowest BCUT2D eigenvalue weighted by molar-refractivity contribution is -0.143. The summed E-state index contributed by atoms with van der Waals surface area (Å²) in [4.78, 5) is 23.6. The molecule has 2 N–H and O–H groups in total. The molecule has 27 heavy (non-hydrogen) atoms. The monoisotopic (exact) mass is 390 g/mol. The number of halogens is 6. The van der Waals surface area contributed by atoms with Crippen molar-refractivity contribution in [1.29, 1.82) is 0 Å². The van der Waals surface area contributed by atoms with E-state index in [0.29, 0.717) is 5.56 Å². The van der Waals surface area contributed by atoms with Crippen molar-refractivity contribution < 1.29 is 35.9 Å². The van der Waals surface area contributed by atoms with Crippen LogP contribution in [-0.2, 0) is 23.6 Å². The maximum Gasteiger partial charge on any atom is 0.416 e. The molecule has 0 saturated carbocycles. The smallest absolute Gasteiger partial charge is 0.273 e. The van der Waals surface area contributed by atoms with E-state index < -0.39 is 40.9 Å². The number of carbonyl (C=O) groups excluding carboxylic acids is 2. The van der Waals surface area contributed by atoms with E-state index in [1.165, 1.54) is 0 Å². The molecule has 144 valence electrons. The van der Waals surface area contributed by atoms with Crippen LogP contribution in [0.15, 0.2) is 48.5 Å². The second-order valence-electron chi connectivity index (χ2n) is 5.46. The number of alkyl halides is 6. The van der Waals surface area contributed by atoms with Crippen LogP contribution in [0.3, 0.4) is 0 Å². The lowest BCUT2D eigenvalue weighted by atomic mass is 10.0. The van der Waals surface area contributed by atoms with Crippen molar-refractivity contribution in [1.82, 2.24) is 10.9 Å². The Morgan fingerprint density at radius 3 is 1.78 bits per heavy atom. The highest BCUT2D eigenvalue weighted by Crippen LogP contribution is 2.36. The van der Waals surface area contributed by atoms with E-state index in [1.54, 1.807) is 35.8 Å². The van der Waals surface area contributed by atoms with Crippen molar-refractivity contribution in [3.63, 3.8) is 0 Å². The minimum atomic E-state index is -5.08. The van der Waals surface area contributed by atoms with Crippen LogP contribution in [0.2, 0.25) is 0 Å². The Kier molecular flexibility index (Phi) is 5.77. The summed E-state index contributed by atoms with van der Waals surface area (Å²) in [7, 11) is 0. The van der Waals surface area contributed by atoms with E-state index in [1.807, 2.05) is 5.43 Å². The lowest BCUT2D eigenvalue weighted by Crippen LogP contribution is -2.42. The van der Waals surface area contributed by atoms with Gasteiger partial charge in [-0.25, -0.2) is 0 Å². The highest BCUT2D eigenvalue weighted by Gasteiger charge is 2.37. The van der Waals surface area contributed by atoms with Gasteiger partial charge in [0.1, 0.15) is 0 Å². The minimum absolute atomic E-state index is 0.0925. The fourth-order valence-electron chi connectivity index (χ4n) is 2.11. The average molecular weight is 390 g/mol. The van der Waals surface area contributed by atoms with Crippen LogP contribution in [0, 0.1) is 0 Å². The summed E-state index contributed by atoms with van der Waals surface area (Å²) in [6.07, 6.45) is -10.3. The van der Waals surface area contributed by atoms with E-state index in [9.17, 15) is 35.9 Å². The molecule has 0 unspecified atom stereocenters. The highest BCUT2D eigenvalue weighted by atomic mass is 19.4. The van der Waals surface area contributed by atoms with Gasteiger partial charge < -0.3 is 0 Å². The van der Waals surface area contributed by atoms with Crippen LogP contribution < -0.4 is 10.9 Å². The molecule has 0 aliphatic heterocycles. The van der Waals surface area contributed by atoms with Crippen molar-refractivity contribution in [2.45, 2.75) is 18.8 Å². The lowest BCUT2D eigenvalue weighted by Gasteiger charge is -2.14. The topological polar surface area (TPSA) is 58.2 Å². The Morgan fingerprint density at radius 2 is 1.30 bits per heavy atom. The minimum Gasteiger partial charge on any atom is -0.273 e. The van der Waals surface area contributed by atoms with Crippen LogP contribution in [0.4, 0.5) is 26.3 Å². The first-order chi connectivity index (χ1) is 12.5. The van der Waals surface area contributed by atoms with Gasteiger partial charge in [0, 0.05) is 5.56 Å². The molecule has 0 spiro atoms. The number of hydrogen-bond acceptors (Lipinski definition) is 2. The Hall–Kier alpha value is -3.04. The van der Waals surface area contributed by atoms with Gasteiger partial charge in [0.15, 0.2) is 0 Å². The van der Waals surface area contributed by atoms with Gasteiger partial charge >= 0.3 is 12.4 Å². The molecule has 0 radical (unpaired) electrons. The van der Waals surface area contributed by atoms with Crippen molar-refractivity contribution in [2.24, 2.45) is 0 Å². The number of hydrogen-bond donors (Lipinski definition) is 2. The van der Waals surface area contributed by atoms with E-state index in [0.717, 1.165) is 0 Å². The van der Waals surface area contributed by atoms with Gasteiger partial charge in [-0.05, 0) is 23.8 Å². The zero-order valence-electron chi connectivity index (χ0n) is 13.4. The van der Waals surface area contributed by atoms with Gasteiger partial charge in [-0.2, -0.15) is 26.3 Å². The van der Waals surface area contributed by atoms with Gasteiger partial charge in [0.05, 0.1) is 17.5 Å². The summed E-state index contributed by atoms with van der Waals surface area (Å²) < 4.78 is 76.7. The van der Waals surface area contributed by atoms with Crippen molar-refractivity contribution in [2.75, 3.05) is 0 Å². The maximum atomic E-state index is 12.8. The van der Waals surface area contributed by atoms with Gasteiger partial charge in [-0.3, -0.25) is 20.4 Å². The predicted octanol–water partition coefficient (Wildman–Crippen LogP) is 3.73. The number of benzene rings is 2. The molecule has 0 fully saturated rings. The van der Waals surface area contributed by atoms with Crippen molar-refractivity contribution >= 4 is 11.8 Å². The molecule has 0 aliphatic carbocycles. The quantitative estimate of drug-likeness (QED) is 0.620. The van der Waals surface area contributed by atoms with E-state index in [-0.39, 0.29) is 24.6 Å². The van der Waals surface area contributed by atoms with Gasteiger partial charge in [0.2, 0.25) is 5.91 Å². The number of amides is 2. The Bertz CT molecular complexity index is 799. The molecule has 0 aromatic heterocycles. The molecule has 0 heterocycles. The molecule has 2 amide bonds. The Morgan fingerprint density at radius 1 is 0.778 bits per heavy atom. The van der Waals surface area contributed by atoms with Gasteiger partial charge in [-0.15, -0.1) is 0 Å². The molecule has 2 aromatic carbocycles. The second kappa shape index (κ2) is 7.68. The first-order valence-electron chi connectivity index (χ1n) is 7.39. The van der Waals surface area contributed by atoms with E-state index in [2.05, 4.69) is 0 Å². The van der Waals surface area contributed by atoms with Crippen molar-refractivity contribution in [3.8, 4) is 0 Å². The molecule has 0 bridgehead atoms. The molecular weight excluding hydrogens is 378 g/mol. The number of rotatable bonds is 3. The van der Waals surface area contributed by atoms with Crippen LogP contribution in [0.25, 0.3) is 0 Å². The van der Waals surface area contributed by atoms with E-state index in [4.69, 9.17) is 0 Å². The molecule has 2 aromatic rings. The summed E-state index contributed by atoms with van der Waals surface area (Å²) in [6.45, 7) is 0. The van der Waals surface area contributed by atoms with Crippen LogP contribution in [-0.4, -0.2) is 11.8 Å². The SMILES string of the molecule is O=C(Cc1ccccc1)NNC(=O)c1cc(C(F)(F)F)cc(C(F)(F)F)c1. The molecule has 0 atom stereocenters. The molecule has 0 aliphatic rings. The van der Waals surface area contributed by atoms with Gasteiger partial charge in [-0.1, -0.05) is 30.3 Å². The summed E-state index contributed by atoms with van der Waals surface area (Å²) in [5.74, 6) is -2.01. The zero-order valence-corrected chi connectivity index (χ0v) is 13.4.